The molecule has 2 saturated heterocycles. The van der Waals surface area contributed by atoms with Crippen LogP contribution in [0.25, 0.3) is 11.1 Å². The molecule has 0 aromatic heterocycles. The summed E-state index contributed by atoms with van der Waals surface area (Å²) in [7, 11) is 3.95. The molecule has 0 unspecified atom stereocenters. The van der Waals surface area contributed by atoms with Gasteiger partial charge in [0.15, 0.2) is 24.1 Å². The number of carboxylic acid groups (broad SMARTS) is 1. The molecule has 0 saturated carbocycles. The second-order valence-electron chi connectivity index (χ2n) is 16.0. The van der Waals surface area contributed by atoms with Crippen molar-refractivity contribution < 1.29 is 93.6 Å². The van der Waals surface area contributed by atoms with Gasteiger partial charge in [-0.05, 0) is 49.6 Å². The zero-order valence-corrected chi connectivity index (χ0v) is 35.0. The van der Waals surface area contributed by atoms with Gasteiger partial charge in [-0.15, -0.1) is 0 Å². The molecule has 11 N–H and O–H groups in total. The van der Waals surface area contributed by atoms with Gasteiger partial charge in [-0.2, -0.15) is 0 Å². The van der Waals surface area contributed by atoms with Gasteiger partial charge in [-0.25, -0.2) is 4.79 Å². The lowest BCUT2D eigenvalue weighted by Crippen LogP contribution is -2.67. The number of hydrogen-bond acceptors (Lipinski definition) is 18. The number of aliphatic hydroxyl groups is 5. The first kappa shape index (κ1) is 46.1. The van der Waals surface area contributed by atoms with Gasteiger partial charge in [0, 0.05) is 42.4 Å². The number of phenols is 3. The van der Waals surface area contributed by atoms with Gasteiger partial charge in [-0.1, -0.05) is 6.07 Å². The molecule has 344 valence electrons. The molecule has 22 nitrogen and oxygen atoms in total. The van der Waals surface area contributed by atoms with Crippen molar-refractivity contribution in [2.45, 2.75) is 94.3 Å². The van der Waals surface area contributed by atoms with E-state index in [1.54, 1.807) is 0 Å². The number of ketones is 2. The molecule has 0 spiro atoms. The summed E-state index contributed by atoms with van der Waals surface area (Å²) in [6.07, 6.45) is -16.9. The zero-order valence-electron chi connectivity index (χ0n) is 35.0. The van der Waals surface area contributed by atoms with Gasteiger partial charge in [0.2, 0.25) is 0 Å². The Hall–Kier alpha value is -5.95. The Labute approximate surface area is 363 Å². The third-order valence-corrected chi connectivity index (χ3v) is 12.0. The number of hydrogen-bond donors (Lipinski definition) is 11. The van der Waals surface area contributed by atoms with Crippen LogP contribution in [0, 0.1) is 6.92 Å². The summed E-state index contributed by atoms with van der Waals surface area (Å²) in [4.78, 5) is 67.6. The van der Waals surface area contributed by atoms with Crippen LogP contribution in [-0.4, -0.2) is 169 Å². The van der Waals surface area contributed by atoms with Crippen molar-refractivity contribution in [1.82, 2.24) is 15.5 Å². The summed E-state index contributed by atoms with van der Waals surface area (Å²) >= 11 is 0. The Balaban J connectivity index is 1.38. The molecule has 2 heterocycles. The number of aliphatic carboxylic acids is 1. The van der Waals surface area contributed by atoms with Gasteiger partial charge in [0.25, 0.3) is 5.91 Å². The summed E-state index contributed by atoms with van der Waals surface area (Å²) in [6, 6.07) is 1.28. The number of fused-ring (bicyclic) bond motifs is 5. The van der Waals surface area contributed by atoms with E-state index in [-0.39, 0.29) is 28.0 Å². The summed E-state index contributed by atoms with van der Waals surface area (Å²) < 4.78 is 29.1. The maximum Gasteiger partial charge on any atom is 0.325 e. The van der Waals surface area contributed by atoms with Crippen LogP contribution in [-0.2, 0) is 23.7 Å². The molecular weight excluding hydrogens is 850 g/mol. The number of aryl methyl sites for hydroxylation is 1. The molecule has 3 aromatic rings. The third-order valence-electron chi connectivity index (χ3n) is 12.0. The van der Waals surface area contributed by atoms with E-state index in [1.165, 1.54) is 54.1 Å². The number of ether oxygens (including phenoxy) is 5. The molecule has 0 radical (unpaired) electrons. The number of carboxylic acids is 1. The Kier molecular flexibility index (Phi) is 12.4. The average molecular weight is 898 g/mol. The molecule has 2 fully saturated rings. The normalized spacial score (nSPS) is 28.8. The van der Waals surface area contributed by atoms with Crippen molar-refractivity contribution in [3.8, 4) is 34.1 Å². The second kappa shape index (κ2) is 17.2. The van der Waals surface area contributed by atoms with Crippen LogP contribution in [0.2, 0.25) is 0 Å². The van der Waals surface area contributed by atoms with Gasteiger partial charge >= 0.3 is 12.0 Å². The maximum absolute atomic E-state index is 14.1. The highest BCUT2D eigenvalue weighted by Gasteiger charge is 2.53. The quantitative estimate of drug-likeness (QED) is 0.100. The van der Waals surface area contributed by atoms with E-state index in [4.69, 9.17) is 23.7 Å². The van der Waals surface area contributed by atoms with Crippen molar-refractivity contribution in [2.75, 3.05) is 27.8 Å². The van der Waals surface area contributed by atoms with Crippen LogP contribution >= 0.6 is 0 Å². The number of likely N-dealkylation sites (N-methyl/N-ethyl adjacent to an activating group) is 1. The van der Waals surface area contributed by atoms with E-state index in [2.05, 4.69) is 10.6 Å². The Morgan fingerprint density at radius 1 is 0.844 bits per heavy atom. The molecule has 64 heavy (non-hydrogen) atoms. The van der Waals surface area contributed by atoms with Crippen LogP contribution < -0.4 is 15.4 Å². The fraction of sp³-hybridized carbons (Fsp3) is 0.452. The third kappa shape index (κ3) is 7.44. The predicted octanol–water partition coefficient (Wildman–Crippen LogP) is -0.560. The maximum atomic E-state index is 14.1. The zero-order chi connectivity index (χ0) is 47.0. The Bertz CT molecular complexity index is 2440. The minimum atomic E-state index is -1.96. The predicted molar refractivity (Wildman–Crippen MR) is 214 cm³/mol. The van der Waals surface area contributed by atoms with E-state index in [1.807, 2.05) is 0 Å². The topological polar surface area (TPSA) is 341 Å². The Morgan fingerprint density at radius 2 is 1.48 bits per heavy atom. The van der Waals surface area contributed by atoms with Gasteiger partial charge in [0.1, 0.15) is 71.8 Å². The van der Waals surface area contributed by atoms with Crippen molar-refractivity contribution in [1.29, 1.82) is 0 Å². The van der Waals surface area contributed by atoms with Crippen molar-refractivity contribution in [3.63, 3.8) is 0 Å². The lowest BCUT2D eigenvalue weighted by Gasteiger charge is -2.49. The first-order chi connectivity index (χ1) is 30.1. The van der Waals surface area contributed by atoms with Crippen LogP contribution in [0.5, 0.6) is 23.0 Å². The first-order valence-electron chi connectivity index (χ1n) is 19.9. The molecule has 0 bridgehead atoms. The highest BCUT2D eigenvalue weighted by molar-refractivity contribution is 6.31. The minimum absolute atomic E-state index is 0.00192. The lowest BCUT2D eigenvalue weighted by atomic mass is 9.74. The molecular formula is C42H47N3O19. The Morgan fingerprint density at radius 3 is 2.12 bits per heavy atom. The second-order valence-corrected chi connectivity index (χ2v) is 16.0. The number of amides is 3. The van der Waals surface area contributed by atoms with Crippen LogP contribution in [0.15, 0.2) is 24.3 Å². The monoisotopic (exact) mass is 897 g/mol. The number of aliphatic hydroxyl groups excluding tert-OH is 5. The van der Waals surface area contributed by atoms with Crippen LogP contribution in [0.1, 0.15) is 84.9 Å². The van der Waals surface area contributed by atoms with Crippen molar-refractivity contribution >= 4 is 29.5 Å². The average Bonchev–Trinajstić information content (AvgIpc) is 3.24. The smallest absolute Gasteiger partial charge is 0.325 e. The number of carbonyl (C=O) groups is 5. The largest absolute Gasteiger partial charge is 0.507 e. The van der Waals surface area contributed by atoms with Crippen molar-refractivity contribution in [3.05, 3.63) is 68.8 Å². The first-order valence-corrected chi connectivity index (χ1v) is 19.9. The van der Waals surface area contributed by atoms with E-state index < -0.39 is 160 Å². The van der Waals surface area contributed by atoms with Gasteiger partial charge in [0.05, 0.1) is 42.6 Å². The van der Waals surface area contributed by atoms with E-state index in [0.29, 0.717) is 0 Å². The number of benzene rings is 3. The van der Waals surface area contributed by atoms with E-state index in [0.717, 1.165) is 17.0 Å². The number of urea groups is 1. The molecule has 22 heteroatoms. The van der Waals surface area contributed by atoms with Crippen molar-refractivity contribution in [2.24, 2.45) is 0 Å². The number of aromatic hydroxyl groups is 3. The summed E-state index contributed by atoms with van der Waals surface area (Å²) in [5, 5.41) is 105. The van der Waals surface area contributed by atoms with Gasteiger partial charge in [-0.3, -0.25) is 19.2 Å². The highest BCUT2D eigenvalue weighted by Crippen LogP contribution is 2.57. The fourth-order valence-corrected chi connectivity index (χ4v) is 8.73. The van der Waals surface area contributed by atoms with Crippen LogP contribution in [0.3, 0.4) is 0 Å². The SMILES string of the molecule is CNC(=O)N(C)[C@@H]1[C@H](O[C@@H]2OC[C@@H](O)[C@H](O)[C@H]2O)[C@@H](O)[C@H](O[C@H]2c3cc(C)c(C(=O)N[C@H](C)C(=O)O)c(O)c3-c3c(cc4c(c3O)C(=O)c3cc(OC)cc(O)c3C4=O)[C@@H]2O)O[C@@H]1C. The molecule has 2 aliphatic carbocycles. The van der Waals surface area contributed by atoms with Gasteiger partial charge < -0.3 is 85.2 Å². The minimum Gasteiger partial charge on any atom is -0.507 e. The fourth-order valence-electron chi connectivity index (χ4n) is 8.73. The summed E-state index contributed by atoms with van der Waals surface area (Å²) in [5.74, 6) is -6.85. The number of nitrogens with zero attached hydrogens (tertiary/aromatic N) is 1. The molecule has 4 aliphatic rings. The lowest BCUT2D eigenvalue weighted by molar-refractivity contribution is -0.344. The number of nitrogens with one attached hydrogen (secondary N) is 2. The van der Waals surface area contributed by atoms with Crippen LogP contribution in [0.4, 0.5) is 4.79 Å². The summed E-state index contributed by atoms with van der Waals surface area (Å²) in [5.41, 5.74) is -3.73. The molecule has 3 aromatic carbocycles. The number of carbonyl (C=O) groups excluding carboxylic acids is 4. The molecule has 3 amide bonds. The summed E-state index contributed by atoms with van der Waals surface area (Å²) in [6.45, 7) is 3.53. The standard InChI is InChI=1S/C42H47N3O19/c1-12-7-19-25(32(52)22(12)38(56)44-13(2)39(57)58)24-17(10-18-26(33(24)53)29(49)16-8-15(60-6)9-20(46)23(16)28(18)48)30(50)36(19)63-41-35(55)37(27(14(3)62-41)45(5)42(59)43-4)64-40-34(54)31(51)21(47)11-61-40/h7-10,13-14,21,27,30-31,34-37,40-41,46-47,50-55H,11H2,1-6H3,(H,43,59)(H,44,56)(H,57,58)/t13-,14-,21-,27+,30+,31+,34-,35-,36+,37+,40+,41+/m1/s1. The van der Waals surface area contributed by atoms with E-state index >= 15 is 0 Å². The molecule has 7 rings (SSSR count). The molecule has 12 atom stereocenters. The number of methoxy groups -OCH3 is 1. The number of phenolic OH excluding ortho intramolecular Hbond substituents is 3. The van der Waals surface area contributed by atoms with E-state index in [9.17, 15) is 69.9 Å². The number of rotatable bonds is 9. The molecule has 2 aliphatic heterocycles. The highest BCUT2D eigenvalue weighted by atomic mass is 16.7.